The lowest BCUT2D eigenvalue weighted by Gasteiger charge is -2.27. The zero-order valence-electron chi connectivity index (χ0n) is 13.2. The molecule has 0 aliphatic heterocycles. The van der Waals surface area contributed by atoms with E-state index in [0.717, 1.165) is 5.56 Å². The van der Waals surface area contributed by atoms with Gasteiger partial charge in [-0.15, -0.1) is 0 Å². The van der Waals surface area contributed by atoms with Crippen LogP contribution in [-0.2, 0) is 11.2 Å². The Hall–Kier alpha value is -1.81. The molecule has 1 amide bonds. The third-order valence-corrected chi connectivity index (χ3v) is 2.89. The van der Waals surface area contributed by atoms with E-state index in [4.69, 9.17) is 4.74 Å². The van der Waals surface area contributed by atoms with E-state index in [-0.39, 0.29) is 0 Å². The fraction of sp³-hybridized carbons (Fsp3) is 0.471. The fourth-order valence-electron chi connectivity index (χ4n) is 1.91. The summed E-state index contributed by atoms with van der Waals surface area (Å²) in [5.41, 5.74) is 1.06. The molecule has 2 unspecified atom stereocenters. The van der Waals surface area contributed by atoms with Crippen molar-refractivity contribution in [2.45, 2.75) is 51.9 Å². The van der Waals surface area contributed by atoms with E-state index in [2.05, 4.69) is 11.9 Å². The zero-order valence-corrected chi connectivity index (χ0v) is 13.2. The molecule has 1 aromatic rings. The largest absolute Gasteiger partial charge is 0.444 e. The second kappa shape index (κ2) is 7.27. The maximum atomic E-state index is 11.9. The molecule has 21 heavy (non-hydrogen) atoms. The number of amides is 1. The Kier molecular flexibility index (Phi) is 5.97. The normalized spacial score (nSPS) is 14.1. The first-order chi connectivity index (χ1) is 9.69. The predicted octanol–water partition coefficient (Wildman–Crippen LogP) is 3.06. The van der Waals surface area contributed by atoms with Crippen LogP contribution in [0.2, 0.25) is 0 Å². The third-order valence-electron chi connectivity index (χ3n) is 2.89. The van der Waals surface area contributed by atoms with Crippen LogP contribution in [0.25, 0.3) is 0 Å². The van der Waals surface area contributed by atoms with E-state index in [1.165, 1.54) is 0 Å². The first-order valence-corrected chi connectivity index (χ1v) is 7.06. The van der Waals surface area contributed by atoms with Gasteiger partial charge >= 0.3 is 6.09 Å². The summed E-state index contributed by atoms with van der Waals surface area (Å²) in [6.45, 7) is 10.9. The predicted molar refractivity (Wildman–Crippen MR) is 84.1 cm³/mol. The van der Waals surface area contributed by atoms with Crippen molar-refractivity contribution >= 4 is 6.09 Å². The molecule has 0 saturated carbocycles. The van der Waals surface area contributed by atoms with Crippen molar-refractivity contribution in [1.29, 1.82) is 0 Å². The number of nitrogens with one attached hydrogen (secondary N) is 1. The van der Waals surface area contributed by atoms with Gasteiger partial charge in [-0.2, -0.15) is 0 Å². The zero-order chi connectivity index (χ0) is 16.0. The quantitative estimate of drug-likeness (QED) is 0.820. The number of hydrogen-bond acceptors (Lipinski definition) is 3. The minimum Gasteiger partial charge on any atom is -0.444 e. The van der Waals surface area contributed by atoms with Crippen LogP contribution < -0.4 is 5.32 Å². The lowest BCUT2D eigenvalue weighted by atomic mass is 9.98. The molecule has 0 bridgehead atoms. The van der Waals surface area contributed by atoms with Crippen LogP contribution in [0.1, 0.15) is 33.3 Å². The van der Waals surface area contributed by atoms with Gasteiger partial charge in [0.15, 0.2) is 0 Å². The fourth-order valence-corrected chi connectivity index (χ4v) is 1.91. The van der Waals surface area contributed by atoms with Gasteiger partial charge in [-0.05, 0) is 39.7 Å². The molecule has 4 nitrogen and oxygen atoms in total. The van der Waals surface area contributed by atoms with Crippen LogP contribution in [0.4, 0.5) is 4.79 Å². The van der Waals surface area contributed by atoms with Crippen molar-refractivity contribution in [2.75, 3.05) is 0 Å². The number of benzene rings is 1. The third kappa shape index (κ3) is 6.45. The highest BCUT2D eigenvalue weighted by Crippen LogP contribution is 2.13. The van der Waals surface area contributed by atoms with Crippen molar-refractivity contribution in [1.82, 2.24) is 5.32 Å². The average molecular weight is 291 g/mol. The number of aliphatic hydroxyl groups excluding tert-OH is 1. The molecule has 1 aromatic carbocycles. The molecule has 0 aliphatic rings. The molecule has 2 atom stereocenters. The van der Waals surface area contributed by atoms with Gasteiger partial charge in [-0.3, -0.25) is 0 Å². The Morgan fingerprint density at radius 3 is 2.38 bits per heavy atom. The monoisotopic (exact) mass is 291 g/mol. The van der Waals surface area contributed by atoms with E-state index < -0.39 is 23.8 Å². The Labute approximate surface area is 126 Å². The molecule has 0 aromatic heterocycles. The summed E-state index contributed by atoms with van der Waals surface area (Å²) in [6, 6.07) is 9.21. The minimum absolute atomic E-state index is 0.472. The topological polar surface area (TPSA) is 58.6 Å². The maximum Gasteiger partial charge on any atom is 0.407 e. The van der Waals surface area contributed by atoms with Gasteiger partial charge in [0.25, 0.3) is 0 Å². The van der Waals surface area contributed by atoms with E-state index in [1.54, 1.807) is 27.7 Å². The number of rotatable bonds is 5. The Bertz CT molecular complexity index is 477. The van der Waals surface area contributed by atoms with Gasteiger partial charge in [-0.1, -0.05) is 42.5 Å². The van der Waals surface area contributed by atoms with Gasteiger partial charge < -0.3 is 15.2 Å². The van der Waals surface area contributed by atoms with E-state index >= 15 is 0 Å². The molecular weight excluding hydrogens is 266 g/mol. The average Bonchev–Trinajstić information content (AvgIpc) is 2.36. The lowest BCUT2D eigenvalue weighted by molar-refractivity contribution is 0.0449. The van der Waals surface area contributed by atoms with Gasteiger partial charge in [0, 0.05) is 0 Å². The summed E-state index contributed by atoms with van der Waals surface area (Å²) in [5.74, 6) is 0. The molecule has 0 spiro atoms. The molecule has 116 valence electrons. The Balaban J connectivity index is 2.78. The van der Waals surface area contributed by atoms with Crippen molar-refractivity contribution in [3.63, 3.8) is 0 Å². The summed E-state index contributed by atoms with van der Waals surface area (Å²) >= 11 is 0. The molecule has 0 fully saturated rings. The van der Waals surface area contributed by atoms with Crippen LogP contribution in [0.5, 0.6) is 0 Å². The van der Waals surface area contributed by atoms with E-state index in [0.29, 0.717) is 12.0 Å². The number of carbonyl (C=O) groups excluding carboxylic acids is 1. The second-order valence-corrected chi connectivity index (χ2v) is 6.23. The molecule has 0 aliphatic carbocycles. The molecule has 0 heterocycles. The van der Waals surface area contributed by atoms with Crippen LogP contribution in [0.15, 0.2) is 42.5 Å². The van der Waals surface area contributed by atoms with Crippen LogP contribution in [0, 0.1) is 0 Å². The van der Waals surface area contributed by atoms with Gasteiger partial charge in [0.2, 0.25) is 0 Å². The smallest absolute Gasteiger partial charge is 0.407 e. The lowest BCUT2D eigenvalue weighted by Crippen LogP contribution is -2.47. The first kappa shape index (κ1) is 17.2. The number of alkyl carbamates (subject to hydrolysis) is 1. The maximum absolute atomic E-state index is 11.9. The number of aliphatic hydroxyl groups is 1. The van der Waals surface area contributed by atoms with Crippen molar-refractivity contribution in [3.8, 4) is 0 Å². The van der Waals surface area contributed by atoms with Gasteiger partial charge in [0.1, 0.15) is 5.60 Å². The number of ether oxygens (including phenoxy) is 1. The van der Waals surface area contributed by atoms with Crippen molar-refractivity contribution < 1.29 is 14.6 Å². The summed E-state index contributed by atoms with van der Waals surface area (Å²) in [5, 5.41) is 13.0. The van der Waals surface area contributed by atoms with Crippen LogP contribution in [-0.4, -0.2) is 28.9 Å². The molecule has 1 rings (SSSR count). The van der Waals surface area contributed by atoms with Crippen LogP contribution >= 0.6 is 0 Å². The molecule has 0 radical (unpaired) electrons. The summed E-state index contributed by atoms with van der Waals surface area (Å²) in [4.78, 5) is 11.9. The highest BCUT2D eigenvalue weighted by Gasteiger charge is 2.25. The Morgan fingerprint density at radius 2 is 1.90 bits per heavy atom. The van der Waals surface area contributed by atoms with Crippen molar-refractivity contribution in [3.05, 3.63) is 48.0 Å². The summed E-state index contributed by atoms with van der Waals surface area (Å²) in [7, 11) is 0. The Morgan fingerprint density at radius 1 is 1.33 bits per heavy atom. The van der Waals surface area contributed by atoms with E-state index in [9.17, 15) is 9.90 Å². The number of hydrogen-bond donors (Lipinski definition) is 2. The van der Waals surface area contributed by atoms with Gasteiger partial charge in [0.05, 0.1) is 12.1 Å². The standard InChI is InChI=1S/C17H25NO3/c1-12(2)15(19)14(11-13-9-7-6-8-10-13)18-16(20)21-17(3,4)5/h6-10,14-15,19H,1,11H2,2-5H3,(H,18,20). The first-order valence-electron chi connectivity index (χ1n) is 7.06. The molecule has 0 saturated heterocycles. The molecule has 4 heteroatoms. The van der Waals surface area contributed by atoms with Gasteiger partial charge in [-0.25, -0.2) is 4.79 Å². The highest BCUT2D eigenvalue weighted by atomic mass is 16.6. The summed E-state index contributed by atoms with van der Waals surface area (Å²) < 4.78 is 5.24. The molecule has 2 N–H and O–H groups in total. The highest BCUT2D eigenvalue weighted by molar-refractivity contribution is 5.68. The van der Waals surface area contributed by atoms with Crippen molar-refractivity contribution in [2.24, 2.45) is 0 Å². The molecular formula is C17H25NO3. The number of carbonyl (C=O) groups is 1. The van der Waals surface area contributed by atoms with E-state index in [1.807, 2.05) is 30.3 Å². The summed E-state index contributed by atoms with van der Waals surface area (Å²) in [6.07, 6.45) is -0.852. The SMILES string of the molecule is C=C(C)C(O)C(Cc1ccccc1)NC(=O)OC(C)(C)C. The van der Waals surface area contributed by atoms with Crippen LogP contribution in [0.3, 0.4) is 0 Å². The minimum atomic E-state index is -0.822. The second-order valence-electron chi connectivity index (χ2n) is 6.23.